The van der Waals surface area contributed by atoms with Gasteiger partial charge in [0.1, 0.15) is 0 Å². The first-order valence-corrected chi connectivity index (χ1v) is 21.3. The first-order chi connectivity index (χ1) is 30.0. The standard InChI is InChI=1S/C59H42N2/c1-59(2)53-37-43(60(41-21-5-3-6-22-41)55-35-39-19-9-11-25-44(39)46-27-13-15-29-48(46)55)33-34-52(53)58-51-32-18-17-31-50(51)57(38-54(58)59)61(42-23-7-4-8-24-42)56-36-40-20-10-12-26-45(40)47-28-14-16-30-49(47)56/h3-38H,1-2H3. The molecule has 12 rings (SSSR count). The van der Waals surface area contributed by atoms with Gasteiger partial charge < -0.3 is 9.80 Å². The molecule has 0 saturated heterocycles. The third-order valence-electron chi connectivity index (χ3n) is 13.1. The van der Waals surface area contributed by atoms with Crippen molar-refractivity contribution in [1.82, 2.24) is 0 Å². The van der Waals surface area contributed by atoms with Crippen molar-refractivity contribution in [2.45, 2.75) is 19.3 Å². The summed E-state index contributed by atoms with van der Waals surface area (Å²) in [6.07, 6.45) is 0. The predicted molar refractivity (Wildman–Crippen MR) is 261 cm³/mol. The molecule has 0 spiro atoms. The fourth-order valence-electron chi connectivity index (χ4n) is 10.3. The van der Waals surface area contributed by atoms with Crippen LogP contribution in [0.25, 0.3) is 65.0 Å². The molecule has 0 bridgehead atoms. The van der Waals surface area contributed by atoms with E-state index in [2.05, 4.69) is 242 Å². The van der Waals surface area contributed by atoms with Gasteiger partial charge in [0, 0.05) is 38.6 Å². The summed E-state index contributed by atoms with van der Waals surface area (Å²) in [6.45, 7) is 4.83. The van der Waals surface area contributed by atoms with Crippen molar-refractivity contribution in [3.05, 3.63) is 230 Å². The Bertz CT molecular complexity index is 3510. The lowest BCUT2D eigenvalue weighted by atomic mass is 9.81. The van der Waals surface area contributed by atoms with E-state index in [0.717, 1.165) is 17.1 Å². The molecule has 0 N–H and O–H groups in total. The van der Waals surface area contributed by atoms with E-state index < -0.39 is 0 Å². The number of hydrogen-bond donors (Lipinski definition) is 0. The Balaban J connectivity index is 1.09. The van der Waals surface area contributed by atoms with Crippen LogP contribution in [0.1, 0.15) is 25.0 Å². The van der Waals surface area contributed by atoms with Crippen molar-refractivity contribution < 1.29 is 0 Å². The zero-order valence-electron chi connectivity index (χ0n) is 34.2. The molecule has 0 radical (unpaired) electrons. The number of benzene rings is 11. The minimum Gasteiger partial charge on any atom is -0.310 e. The van der Waals surface area contributed by atoms with E-state index in [9.17, 15) is 0 Å². The fraction of sp³-hybridized carbons (Fsp3) is 0.0508. The van der Waals surface area contributed by atoms with Crippen LogP contribution in [0, 0.1) is 0 Å². The topological polar surface area (TPSA) is 6.48 Å². The molecule has 288 valence electrons. The highest BCUT2D eigenvalue weighted by Crippen LogP contribution is 2.56. The van der Waals surface area contributed by atoms with E-state index in [4.69, 9.17) is 0 Å². The van der Waals surface area contributed by atoms with E-state index in [1.807, 2.05) is 0 Å². The molecule has 0 aliphatic heterocycles. The smallest absolute Gasteiger partial charge is 0.0546 e. The summed E-state index contributed by atoms with van der Waals surface area (Å²) in [7, 11) is 0. The average Bonchev–Trinajstić information content (AvgIpc) is 3.55. The summed E-state index contributed by atoms with van der Waals surface area (Å²) >= 11 is 0. The van der Waals surface area contributed by atoms with Gasteiger partial charge in [-0.2, -0.15) is 0 Å². The lowest BCUT2D eigenvalue weighted by Crippen LogP contribution is -2.18. The third-order valence-corrected chi connectivity index (χ3v) is 13.1. The van der Waals surface area contributed by atoms with Gasteiger partial charge in [-0.25, -0.2) is 0 Å². The largest absolute Gasteiger partial charge is 0.310 e. The van der Waals surface area contributed by atoms with Crippen LogP contribution in [0.15, 0.2) is 218 Å². The molecule has 0 amide bonds. The van der Waals surface area contributed by atoms with Gasteiger partial charge in [-0.3, -0.25) is 0 Å². The van der Waals surface area contributed by atoms with Crippen molar-refractivity contribution >= 4 is 88.0 Å². The highest BCUT2D eigenvalue weighted by Gasteiger charge is 2.39. The Kier molecular flexibility index (Phi) is 7.92. The molecule has 0 atom stereocenters. The van der Waals surface area contributed by atoms with Crippen molar-refractivity contribution in [2.24, 2.45) is 0 Å². The quantitative estimate of drug-likeness (QED) is 0.155. The Labute approximate surface area is 356 Å². The lowest BCUT2D eigenvalue weighted by Gasteiger charge is -2.31. The van der Waals surface area contributed by atoms with E-state index >= 15 is 0 Å². The van der Waals surface area contributed by atoms with Gasteiger partial charge in [0.15, 0.2) is 0 Å². The van der Waals surface area contributed by atoms with Crippen molar-refractivity contribution in [1.29, 1.82) is 0 Å². The number of hydrogen-bond acceptors (Lipinski definition) is 2. The summed E-state index contributed by atoms with van der Waals surface area (Å²) in [6, 6.07) is 80.5. The second-order valence-corrected chi connectivity index (χ2v) is 16.9. The van der Waals surface area contributed by atoms with E-state index in [-0.39, 0.29) is 5.41 Å². The zero-order valence-corrected chi connectivity index (χ0v) is 34.2. The highest BCUT2D eigenvalue weighted by atomic mass is 15.2. The SMILES string of the molecule is CC1(C)c2cc(N(c3ccccc3)c3cc4ccccc4c4ccccc34)ccc2-c2c1cc(N(c1ccccc1)c1cc3ccccc3c3ccccc13)c1ccccc21. The van der Waals surface area contributed by atoms with Gasteiger partial charge in [-0.15, -0.1) is 0 Å². The van der Waals surface area contributed by atoms with Crippen molar-refractivity contribution in [3.8, 4) is 11.1 Å². The van der Waals surface area contributed by atoms with Crippen LogP contribution >= 0.6 is 0 Å². The van der Waals surface area contributed by atoms with Gasteiger partial charge in [-0.05, 0) is 115 Å². The third kappa shape index (κ3) is 5.42. The molecule has 0 fully saturated rings. The number of anilines is 6. The summed E-state index contributed by atoms with van der Waals surface area (Å²) < 4.78 is 0. The normalized spacial score (nSPS) is 12.9. The highest BCUT2D eigenvalue weighted by molar-refractivity contribution is 6.18. The zero-order chi connectivity index (χ0) is 40.7. The Morgan fingerprint density at radius 3 is 1.26 bits per heavy atom. The maximum absolute atomic E-state index is 2.50. The number of para-hydroxylation sites is 2. The molecular formula is C59H42N2. The summed E-state index contributed by atoms with van der Waals surface area (Å²) in [4.78, 5) is 4.96. The fourth-order valence-corrected chi connectivity index (χ4v) is 10.3. The maximum Gasteiger partial charge on any atom is 0.0546 e. The molecule has 2 heteroatoms. The number of fused-ring (bicyclic) bond motifs is 11. The molecular weight excluding hydrogens is 737 g/mol. The second-order valence-electron chi connectivity index (χ2n) is 16.9. The van der Waals surface area contributed by atoms with Gasteiger partial charge in [0.05, 0.1) is 17.1 Å². The summed E-state index contributed by atoms with van der Waals surface area (Å²) in [5.74, 6) is 0. The van der Waals surface area contributed by atoms with Crippen LogP contribution in [0.4, 0.5) is 34.1 Å². The Morgan fingerprint density at radius 2 is 0.705 bits per heavy atom. The Hall–Kier alpha value is -7.68. The van der Waals surface area contributed by atoms with Gasteiger partial charge in [0.2, 0.25) is 0 Å². The van der Waals surface area contributed by atoms with Crippen LogP contribution in [-0.4, -0.2) is 0 Å². The molecule has 0 unspecified atom stereocenters. The van der Waals surface area contributed by atoms with E-state index in [1.54, 1.807) is 0 Å². The van der Waals surface area contributed by atoms with Gasteiger partial charge >= 0.3 is 0 Å². The molecule has 61 heavy (non-hydrogen) atoms. The molecule has 0 saturated carbocycles. The first kappa shape index (κ1) is 35.3. The van der Waals surface area contributed by atoms with E-state index in [0.29, 0.717) is 0 Å². The molecule has 11 aromatic rings. The number of nitrogens with zero attached hydrogens (tertiary/aromatic N) is 2. The molecule has 1 aliphatic rings. The van der Waals surface area contributed by atoms with Crippen LogP contribution in [0.5, 0.6) is 0 Å². The molecule has 1 aliphatic carbocycles. The van der Waals surface area contributed by atoms with Crippen LogP contribution < -0.4 is 9.80 Å². The summed E-state index contributed by atoms with van der Waals surface area (Å²) in [5, 5.41) is 12.4. The molecule has 0 heterocycles. The van der Waals surface area contributed by atoms with E-state index in [1.165, 1.54) is 93.2 Å². The Morgan fingerprint density at radius 1 is 0.295 bits per heavy atom. The maximum atomic E-state index is 2.50. The summed E-state index contributed by atoms with van der Waals surface area (Å²) in [5.41, 5.74) is 11.9. The minimum absolute atomic E-state index is 0.304. The van der Waals surface area contributed by atoms with Crippen molar-refractivity contribution in [2.75, 3.05) is 9.80 Å². The average molecular weight is 779 g/mol. The number of rotatable bonds is 6. The second kappa shape index (κ2) is 13.7. The molecule has 0 aromatic heterocycles. The van der Waals surface area contributed by atoms with Crippen LogP contribution in [0.2, 0.25) is 0 Å². The minimum atomic E-state index is -0.304. The lowest BCUT2D eigenvalue weighted by molar-refractivity contribution is 0.661. The van der Waals surface area contributed by atoms with Crippen LogP contribution in [-0.2, 0) is 5.41 Å². The van der Waals surface area contributed by atoms with Gasteiger partial charge in [-0.1, -0.05) is 178 Å². The molecule has 11 aromatic carbocycles. The molecule has 2 nitrogen and oxygen atoms in total. The monoisotopic (exact) mass is 778 g/mol. The first-order valence-electron chi connectivity index (χ1n) is 21.3. The van der Waals surface area contributed by atoms with Crippen LogP contribution in [0.3, 0.4) is 0 Å². The predicted octanol–water partition coefficient (Wildman–Crippen LogP) is 16.7. The van der Waals surface area contributed by atoms with Gasteiger partial charge in [0.25, 0.3) is 0 Å². The van der Waals surface area contributed by atoms with Crippen molar-refractivity contribution in [3.63, 3.8) is 0 Å².